The molecule has 0 saturated heterocycles. The van der Waals surface area contributed by atoms with Crippen molar-refractivity contribution in [2.45, 2.75) is 26.9 Å². The number of amides is 2. The first-order valence-electron chi connectivity index (χ1n) is 10.3. The number of nitrogens with one attached hydrogen (secondary N) is 1. The normalized spacial score (nSPS) is 15.5. The molecule has 160 valence electrons. The summed E-state index contributed by atoms with van der Waals surface area (Å²) in [6.45, 7) is 6.29. The number of nitrogens with zero attached hydrogens (tertiary/aromatic N) is 2. The van der Waals surface area contributed by atoms with E-state index in [1.165, 1.54) is 4.90 Å². The molecule has 31 heavy (non-hydrogen) atoms. The van der Waals surface area contributed by atoms with Crippen LogP contribution in [-0.4, -0.2) is 36.0 Å². The van der Waals surface area contributed by atoms with Crippen LogP contribution in [0, 0.1) is 5.92 Å². The molecule has 1 aromatic heterocycles. The molecule has 0 fully saturated rings. The largest absolute Gasteiger partial charge is 0.479 e. The van der Waals surface area contributed by atoms with E-state index in [4.69, 9.17) is 9.72 Å². The SMILES string of the molecule is CC(C)CNC(=O)CN1C(=O)C(C)Oc2ccc(-c3csc(-c4ccccc4)n3)cc21. The highest BCUT2D eigenvalue weighted by Gasteiger charge is 2.33. The number of ether oxygens (including phenoxy) is 1. The lowest BCUT2D eigenvalue weighted by Gasteiger charge is -2.33. The van der Waals surface area contributed by atoms with E-state index < -0.39 is 6.10 Å². The maximum atomic E-state index is 12.8. The summed E-state index contributed by atoms with van der Waals surface area (Å²) in [6.07, 6.45) is -0.639. The summed E-state index contributed by atoms with van der Waals surface area (Å²) in [5, 5.41) is 5.81. The zero-order chi connectivity index (χ0) is 22.0. The van der Waals surface area contributed by atoms with Crippen molar-refractivity contribution >= 4 is 28.8 Å². The number of carbonyl (C=O) groups is 2. The molecule has 7 heteroatoms. The number of benzene rings is 2. The average molecular weight is 436 g/mol. The lowest BCUT2D eigenvalue weighted by molar-refractivity contribution is -0.128. The molecule has 1 aliphatic rings. The van der Waals surface area contributed by atoms with Gasteiger partial charge in [-0.2, -0.15) is 0 Å². The van der Waals surface area contributed by atoms with E-state index in [0.29, 0.717) is 23.9 Å². The number of aromatic nitrogens is 1. The summed E-state index contributed by atoms with van der Waals surface area (Å²) in [7, 11) is 0. The van der Waals surface area contributed by atoms with E-state index in [9.17, 15) is 9.59 Å². The third kappa shape index (κ3) is 4.61. The molecular weight excluding hydrogens is 410 g/mol. The van der Waals surface area contributed by atoms with Gasteiger partial charge in [-0.05, 0) is 31.0 Å². The molecule has 0 aliphatic carbocycles. The minimum Gasteiger partial charge on any atom is -0.479 e. The fraction of sp³-hybridized carbons (Fsp3) is 0.292. The van der Waals surface area contributed by atoms with Crippen molar-refractivity contribution in [2.75, 3.05) is 18.0 Å². The van der Waals surface area contributed by atoms with Crippen LogP contribution in [0.4, 0.5) is 5.69 Å². The Kier molecular flexibility index (Phi) is 6.04. The minimum atomic E-state index is -0.639. The van der Waals surface area contributed by atoms with E-state index >= 15 is 0 Å². The summed E-state index contributed by atoms with van der Waals surface area (Å²) >= 11 is 1.57. The van der Waals surface area contributed by atoms with Crippen LogP contribution in [0.25, 0.3) is 21.8 Å². The van der Waals surface area contributed by atoms with Crippen LogP contribution in [0.2, 0.25) is 0 Å². The molecule has 3 aromatic rings. The highest BCUT2D eigenvalue weighted by atomic mass is 32.1. The number of hydrogen-bond acceptors (Lipinski definition) is 5. The molecule has 1 atom stereocenters. The van der Waals surface area contributed by atoms with Gasteiger partial charge >= 0.3 is 0 Å². The molecule has 6 nitrogen and oxygen atoms in total. The van der Waals surface area contributed by atoms with Crippen molar-refractivity contribution in [1.29, 1.82) is 0 Å². The van der Waals surface area contributed by atoms with Crippen molar-refractivity contribution < 1.29 is 14.3 Å². The highest BCUT2D eigenvalue weighted by Crippen LogP contribution is 2.38. The van der Waals surface area contributed by atoms with Crippen molar-refractivity contribution in [1.82, 2.24) is 10.3 Å². The Hall–Kier alpha value is -3.19. The van der Waals surface area contributed by atoms with Gasteiger partial charge in [0.25, 0.3) is 5.91 Å². The second-order valence-corrected chi connectivity index (χ2v) is 8.83. The summed E-state index contributed by atoms with van der Waals surface area (Å²) in [6, 6.07) is 15.7. The number of hydrogen-bond donors (Lipinski definition) is 1. The molecule has 0 spiro atoms. The Labute approximate surface area is 185 Å². The first kappa shape index (κ1) is 21.1. The summed E-state index contributed by atoms with van der Waals surface area (Å²) < 4.78 is 5.78. The van der Waals surface area contributed by atoms with Gasteiger partial charge in [0.2, 0.25) is 5.91 Å². The first-order chi connectivity index (χ1) is 14.9. The maximum absolute atomic E-state index is 12.8. The number of anilines is 1. The van der Waals surface area contributed by atoms with Gasteiger partial charge in [-0.15, -0.1) is 11.3 Å². The van der Waals surface area contributed by atoms with Gasteiger partial charge in [0.05, 0.1) is 11.4 Å². The van der Waals surface area contributed by atoms with Crippen LogP contribution >= 0.6 is 11.3 Å². The molecular formula is C24H25N3O3S. The summed E-state index contributed by atoms with van der Waals surface area (Å²) in [5.74, 6) is 0.511. The Morgan fingerprint density at radius 3 is 2.71 bits per heavy atom. The van der Waals surface area contributed by atoms with E-state index in [2.05, 4.69) is 5.32 Å². The third-order valence-electron chi connectivity index (χ3n) is 5.00. The van der Waals surface area contributed by atoms with Crippen LogP contribution in [0.3, 0.4) is 0 Å². The highest BCUT2D eigenvalue weighted by molar-refractivity contribution is 7.13. The Balaban J connectivity index is 1.63. The smallest absolute Gasteiger partial charge is 0.268 e. The second-order valence-electron chi connectivity index (χ2n) is 7.97. The fourth-order valence-electron chi connectivity index (χ4n) is 3.37. The second kappa shape index (κ2) is 8.89. The molecule has 1 N–H and O–H groups in total. The van der Waals surface area contributed by atoms with Crippen LogP contribution in [0.1, 0.15) is 20.8 Å². The maximum Gasteiger partial charge on any atom is 0.268 e. The molecule has 4 rings (SSSR count). The molecule has 2 aromatic carbocycles. The monoisotopic (exact) mass is 435 g/mol. The van der Waals surface area contributed by atoms with E-state index in [-0.39, 0.29) is 18.4 Å². The van der Waals surface area contributed by atoms with Crippen LogP contribution < -0.4 is 15.0 Å². The van der Waals surface area contributed by atoms with Gasteiger partial charge < -0.3 is 10.1 Å². The molecule has 1 aliphatic heterocycles. The Bertz CT molecular complexity index is 1090. The van der Waals surface area contributed by atoms with Crippen LogP contribution in [0.15, 0.2) is 53.9 Å². The number of fused-ring (bicyclic) bond motifs is 1. The zero-order valence-electron chi connectivity index (χ0n) is 17.8. The van der Waals surface area contributed by atoms with Gasteiger partial charge in [0, 0.05) is 23.1 Å². The molecule has 0 bridgehead atoms. The van der Waals surface area contributed by atoms with Crippen molar-refractivity contribution in [3.63, 3.8) is 0 Å². The van der Waals surface area contributed by atoms with E-state index in [0.717, 1.165) is 21.8 Å². The predicted molar refractivity (Wildman–Crippen MR) is 123 cm³/mol. The minimum absolute atomic E-state index is 0.0396. The van der Waals surface area contributed by atoms with Gasteiger partial charge in [0.15, 0.2) is 6.10 Å². The molecule has 2 amide bonds. The number of carbonyl (C=O) groups excluding carboxylic acids is 2. The number of thiazole rings is 1. The first-order valence-corrected chi connectivity index (χ1v) is 11.2. The van der Waals surface area contributed by atoms with Gasteiger partial charge in [-0.1, -0.05) is 44.2 Å². The Morgan fingerprint density at radius 1 is 1.19 bits per heavy atom. The summed E-state index contributed by atoms with van der Waals surface area (Å²) in [5.41, 5.74) is 3.35. The van der Waals surface area contributed by atoms with Crippen LogP contribution in [0.5, 0.6) is 5.75 Å². The Morgan fingerprint density at radius 2 is 1.97 bits per heavy atom. The predicted octanol–water partition coefficient (Wildman–Crippen LogP) is 4.36. The zero-order valence-corrected chi connectivity index (χ0v) is 18.6. The average Bonchev–Trinajstić information content (AvgIpc) is 3.26. The van der Waals surface area contributed by atoms with E-state index in [1.807, 2.05) is 67.8 Å². The van der Waals surface area contributed by atoms with Crippen molar-refractivity contribution in [3.05, 3.63) is 53.9 Å². The van der Waals surface area contributed by atoms with Gasteiger partial charge in [-0.3, -0.25) is 14.5 Å². The van der Waals surface area contributed by atoms with Crippen molar-refractivity contribution in [3.8, 4) is 27.6 Å². The molecule has 0 radical (unpaired) electrons. The quantitative estimate of drug-likeness (QED) is 0.624. The van der Waals surface area contributed by atoms with Crippen LogP contribution in [-0.2, 0) is 9.59 Å². The van der Waals surface area contributed by atoms with E-state index in [1.54, 1.807) is 18.3 Å². The van der Waals surface area contributed by atoms with Gasteiger partial charge in [0.1, 0.15) is 17.3 Å². The molecule has 0 saturated carbocycles. The van der Waals surface area contributed by atoms with Gasteiger partial charge in [-0.25, -0.2) is 4.98 Å². The molecule has 2 heterocycles. The topological polar surface area (TPSA) is 71.5 Å². The standard InChI is InChI=1S/C24H25N3O3S/c1-15(2)12-25-22(28)13-27-20-11-18(9-10-21(20)30-16(3)24(27)29)19-14-31-23(26-19)17-7-5-4-6-8-17/h4-11,14-16H,12-13H2,1-3H3,(H,25,28). The number of rotatable bonds is 6. The lowest BCUT2D eigenvalue weighted by atomic mass is 10.1. The summed E-state index contributed by atoms with van der Waals surface area (Å²) in [4.78, 5) is 31.5. The fourth-order valence-corrected chi connectivity index (χ4v) is 4.20. The lowest BCUT2D eigenvalue weighted by Crippen LogP contribution is -2.49. The molecule has 1 unspecified atom stereocenters. The third-order valence-corrected chi connectivity index (χ3v) is 5.89. The van der Waals surface area contributed by atoms with Crippen molar-refractivity contribution in [2.24, 2.45) is 5.92 Å².